The van der Waals surface area contributed by atoms with Crippen LogP contribution < -0.4 is 5.32 Å². The average Bonchev–Trinajstić information content (AvgIpc) is 3.05. The molecule has 0 aliphatic carbocycles. The summed E-state index contributed by atoms with van der Waals surface area (Å²) in [5.74, 6) is 1.69. The minimum atomic E-state index is 0.0941. The van der Waals surface area contributed by atoms with Crippen molar-refractivity contribution >= 4 is 11.9 Å². The molecule has 0 fully saturated rings. The summed E-state index contributed by atoms with van der Waals surface area (Å²) in [6, 6.07) is 3.80. The van der Waals surface area contributed by atoms with E-state index in [9.17, 15) is 4.79 Å². The van der Waals surface area contributed by atoms with Gasteiger partial charge in [-0.05, 0) is 26.0 Å². The number of furan rings is 1. The third-order valence-corrected chi connectivity index (χ3v) is 3.45. The Morgan fingerprint density at radius 1 is 1.43 bits per heavy atom. The van der Waals surface area contributed by atoms with Gasteiger partial charge in [0.1, 0.15) is 5.76 Å². The first-order chi connectivity index (χ1) is 11.1. The molecule has 1 heterocycles. The molecule has 0 atom stereocenters. The highest BCUT2D eigenvalue weighted by molar-refractivity contribution is 5.86. The highest BCUT2D eigenvalue weighted by Gasteiger charge is 2.14. The van der Waals surface area contributed by atoms with Crippen molar-refractivity contribution in [3.63, 3.8) is 0 Å². The molecule has 6 nitrogen and oxygen atoms in total. The number of nitrogens with zero attached hydrogens (tertiary/aromatic N) is 3. The van der Waals surface area contributed by atoms with Crippen LogP contribution in [0.1, 0.15) is 19.6 Å². The van der Waals surface area contributed by atoms with Gasteiger partial charge in [0.05, 0.1) is 12.8 Å². The van der Waals surface area contributed by atoms with Crippen molar-refractivity contribution in [3.05, 3.63) is 36.8 Å². The Labute approximate surface area is 138 Å². The van der Waals surface area contributed by atoms with E-state index < -0.39 is 0 Å². The summed E-state index contributed by atoms with van der Waals surface area (Å²) >= 11 is 0. The van der Waals surface area contributed by atoms with Gasteiger partial charge in [-0.25, -0.2) is 0 Å². The van der Waals surface area contributed by atoms with Gasteiger partial charge in [-0.15, -0.1) is 6.58 Å². The minimum Gasteiger partial charge on any atom is -0.469 e. The summed E-state index contributed by atoms with van der Waals surface area (Å²) < 4.78 is 5.30. The predicted octanol–water partition coefficient (Wildman–Crippen LogP) is 1.75. The Morgan fingerprint density at radius 3 is 2.74 bits per heavy atom. The number of nitrogens with one attached hydrogen (secondary N) is 1. The summed E-state index contributed by atoms with van der Waals surface area (Å²) in [7, 11) is 1.86. The Hall–Kier alpha value is -2.24. The highest BCUT2D eigenvalue weighted by atomic mass is 16.3. The molecule has 1 rings (SSSR count). The van der Waals surface area contributed by atoms with Crippen LogP contribution in [0.2, 0.25) is 0 Å². The van der Waals surface area contributed by atoms with Gasteiger partial charge in [-0.3, -0.25) is 9.79 Å². The van der Waals surface area contributed by atoms with E-state index in [1.165, 1.54) is 0 Å². The second-order valence-electron chi connectivity index (χ2n) is 5.13. The molecule has 0 bridgehead atoms. The topological polar surface area (TPSA) is 61.1 Å². The average molecular weight is 320 g/mol. The van der Waals surface area contributed by atoms with E-state index in [1.807, 2.05) is 42.8 Å². The van der Waals surface area contributed by atoms with Gasteiger partial charge in [0.2, 0.25) is 5.91 Å². The Balaban J connectivity index is 2.63. The van der Waals surface area contributed by atoms with Crippen LogP contribution in [0.5, 0.6) is 0 Å². The lowest BCUT2D eigenvalue weighted by Crippen LogP contribution is -2.45. The summed E-state index contributed by atoms with van der Waals surface area (Å²) in [5.41, 5.74) is 0. The Bertz CT molecular complexity index is 493. The van der Waals surface area contributed by atoms with Gasteiger partial charge < -0.3 is 19.5 Å². The molecule has 1 N–H and O–H groups in total. The minimum absolute atomic E-state index is 0.0941. The summed E-state index contributed by atoms with van der Waals surface area (Å²) in [6.07, 6.45) is 4.15. The van der Waals surface area contributed by atoms with Crippen LogP contribution in [0.25, 0.3) is 0 Å². The third kappa shape index (κ3) is 6.59. The maximum atomic E-state index is 12.2. The molecule has 0 aliphatic rings. The fraction of sp³-hybridized carbons (Fsp3) is 0.529. The zero-order valence-electron chi connectivity index (χ0n) is 14.4. The molecule has 0 aromatic carbocycles. The maximum Gasteiger partial charge on any atom is 0.242 e. The van der Waals surface area contributed by atoms with Crippen molar-refractivity contribution < 1.29 is 9.21 Å². The van der Waals surface area contributed by atoms with Crippen molar-refractivity contribution in [2.75, 3.05) is 39.8 Å². The maximum absolute atomic E-state index is 12.2. The first-order valence-electron chi connectivity index (χ1n) is 8.02. The normalized spacial score (nSPS) is 11.2. The van der Waals surface area contributed by atoms with E-state index in [-0.39, 0.29) is 5.91 Å². The molecule has 1 aromatic heterocycles. The number of aliphatic imine (C=N–C) groups is 1. The first-order valence-corrected chi connectivity index (χ1v) is 8.02. The predicted molar refractivity (Wildman–Crippen MR) is 93.5 cm³/mol. The van der Waals surface area contributed by atoms with E-state index in [2.05, 4.69) is 16.9 Å². The van der Waals surface area contributed by atoms with Gasteiger partial charge in [-0.1, -0.05) is 6.08 Å². The number of carbonyl (C=O) groups is 1. The van der Waals surface area contributed by atoms with E-state index >= 15 is 0 Å². The highest BCUT2D eigenvalue weighted by Crippen LogP contribution is 2.01. The smallest absolute Gasteiger partial charge is 0.242 e. The van der Waals surface area contributed by atoms with E-state index in [0.717, 1.165) is 12.2 Å². The molecule has 128 valence electrons. The number of carbonyl (C=O) groups excluding carboxylic acids is 1. The van der Waals surface area contributed by atoms with E-state index in [1.54, 1.807) is 12.3 Å². The standard InChI is InChI=1S/C17H28N4O2/c1-5-11-18-17(19-12-10-15-9-8-13-23-15)20(4)14-16(22)21(6-2)7-3/h5,8-9,13H,1,6-7,10-12,14H2,2-4H3,(H,18,19). The van der Waals surface area contributed by atoms with Gasteiger partial charge >= 0.3 is 0 Å². The molecule has 23 heavy (non-hydrogen) atoms. The molecule has 6 heteroatoms. The lowest BCUT2D eigenvalue weighted by atomic mass is 10.3. The molecule has 0 saturated carbocycles. The number of hydrogen-bond donors (Lipinski definition) is 1. The lowest BCUT2D eigenvalue weighted by Gasteiger charge is -2.25. The molecule has 0 radical (unpaired) electrons. The zero-order chi connectivity index (χ0) is 17.1. The number of rotatable bonds is 9. The quantitative estimate of drug-likeness (QED) is 0.428. The summed E-state index contributed by atoms with van der Waals surface area (Å²) in [4.78, 5) is 20.4. The van der Waals surface area contributed by atoms with E-state index in [4.69, 9.17) is 4.42 Å². The Morgan fingerprint density at radius 2 is 2.17 bits per heavy atom. The van der Waals surface area contributed by atoms with Crippen LogP contribution in [-0.2, 0) is 11.2 Å². The van der Waals surface area contributed by atoms with Crippen molar-refractivity contribution in [1.29, 1.82) is 0 Å². The third-order valence-electron chi connectivity index (χ3n) is 3.45. The fourth-order valence-electron chi connectivity index (χ4n) is 2.16. The van der Waals surface area contributed by atoms with Crippen molar-refractivity contribution in [2.24, 2.45) is 4.99 Å². The van der Waals surface area contributed by atoms with Crippen molar-refractivity contribution in [2.45, 2.75) is 20.3 Å². The summed E-state index contributed by atoms with van der Waals surface area (Å²) in [6.45, 7) is 10.6. The van der Waals surface area contributed by atoms with Gasteiger partial charge in [0.15, 0.2) is 5.96 Å². The molecule has 1 aromatic rings. The number of hydrogen-bond acceptors (Lipinski definition) is 3. The second-order valence-corrected chi connectivity index (χ2v) is 5.13. The van der Waals surface area contributed by atoms with Crippen molar-refractivity contribution in [3.8, 4) is 0 Å². The molecule has 0 spiro atoms. The zero-order valence-corrected chi connectivity index (χ0v) is 14.4. The molecule has 1 amide bonds. The van der Waals surface area contributed by atoms with Crippen LogP contribution in [-0.4, -0.2) is 61.4 Å². The van der Waals surface area contributed by atoms with Gasteiger partial charge in [-0.2, -0.15) is 0 Å². The van der Waals surface area contributed by atoms with Crippen LogP contribution in [0, 0.1) is 0 Å². The molecular formula is C17H28N4O2. The molecule has 0 aliphatic heterocycles. The SMILES string of the molecule is C=CCNC(=NCCc1ccco1)N(C)CC(=O)N(CC)CC. The molecular weight excluding hydrogens is 292 g/mol. The largest absolute Gasteiger partial charge is 0.469 e. The molecule has 0 saturated heterocycles. The van der Waals surface area contributed by atoms with Crippen LogP contribution in [0.15, 0.2) is 40.5 Å². The number of amides is 1. The summed E-state index contributed by atoms with van der Waals surface area (Å²) in [5, 5.41) is 3.19. The van der Waals surface area contributed by atoms with Crippen LogP contribution in [0.3, 0.4) is 0 Å². The lowest BCUT2D eigenvalue weighted by molar-refractivity contribution is -0.131. The van der Waals surface area contributed by atoms with Crippen molar-refractivity contribution in [1.82, 2.24) is 15.1 Å². The first kappa shape index (κ1) is 18.8. The molecule has 0 unspecified atom stereocenters. The fourth-order valence-corrected chi connectivity index (χ4v) is 2.16. The Kier molecular flexibility index (Phi) is 8.57. The van der Waals surface area contributed by atoms with Gasteiger partial charge in [0.25, 0.3) is 0 Å². The van der Waals surface area contributed by atoms with Gasteiger partial charge in [0, 0.05) is 39.6 Å². The van der Waals surface area contributed by atoms with Crippen LogP contribution >= 0.6 is 0 Å². The second kappa shape index (κ2) is 10.5. The van der Waals surface area contributed by atoms with Crippen LogP contribution in [0.4, 0.5) is 0 Å². The monoisotopic (exact) mass is 320 g/mol. The number of likely N-dealkylation sites (N-methyl/N-ethyl adjacent to an activating group) is 2. The number of guanidine groups is 1. The van der Waals surface area contributed by atoms with E-state index in [0.29, 0.717) is 38.7 Å².